The maximum absolute atomic E-state index is 9.63. The van der Waals surface area contributed by atoms with Crippen LogP contribution in [0.5, 0.6) is 11.5 Å². The molecule has 0 aliphatic heterocycles. The van der Waals surface area contributed by atoms with Crippen molar-refractivity contribution in [2.45, 2.75) is 13.0 Å². The van der Waals surface area contributed by atoms with E-state index in [-0.39, 0.29) is 24.8 Å². The molecule has 0 radical (unpaired) electrons. The number of aromatic hydroxyl groups is 1. The van der Waals surface area contributed by atoms with Crippen molar-refractivity contribution < 1.29 is 14.9 Å². The van der Waals surface area contributed by atoms with Gasteiger partial charge in [0.2, 0.25) is 0 Å². The van der Waals surface area contributed by atoms with Gasteiger partial charge >= 0.3 is 0 Å². The summed E-state index contributed by atoms with van der Waals surface area (Å²) in [4.78, 5) is 0. The third-order valence-electron chi connectivity index (χ3n) is 1.98. The third kappa shape index (κ3) is 3.52. The molecule has 0 saturated heterocycles. The van der Waals surface area contributed by atoms with Crippen molar-refractivity contribution in [1.82, 2.24) is 0 Å². The molecule has 0 spiro atoms. The molecule has 6 heteroatoms. The van der Waals surface area contributed by atoms with Crippen LogP contribution in [-0.4, -0.2) is 23.4 Å². The Labute approximate surface area is 109 Å². The molecule has 1 rings (SSSR count). The summed E-state index contributed by atoms with van der Waals surface area (Å²) in [6, 6.07) is 2.82. The molecule has 0 saturated carbocycles. The Bertz CT molecular complexity index is 349. The van der Waals surface area contributed by atoms with Gasteiger partial charge in [0.25, 0.3) is 0 Å². The Kier molecular flexibility index (Phi) is 6.74. The number of hydrogen-bond acceptors (Lipinski definition) is 4. The lowest BCUT2D eigenvalue weighted by atomic mass is 10.1. The molecular formula is C10H15BrClNO3. The Balaban J connectivity index is 0.00000225. The van der Waals surface area contributed by atoms with E-state index in [2.05, 4.69) is 15.9 Å². The first kappa shape index (κ1) is 15.5. The number of hydrogen-bond donors (Lipinski definition) is 3. The first-order valence-electron chi connectivity index (χ1n) is 4.61. The summed E-state index contributed by atoms with van der Waals surface area (Å²) in [5, 5.41) is 18.6. The zero-order valence-corrected chi connectivity index (χ0v) is 11.2. The number of rotatable bonds is 4. The van der Waals surface area contributed by atoms with Crippen LogP contribution in [-0.2, 0) is 0 Å². The van der Waals surface area contributed by atoms with Gasteiger partial charge in [0.05, 0.1) is 23.7 Å². The fourth-order valence-corrected chi connectivity index (χ4v) is 1.64. The molecule has 92 valence electrons. The number of nitrogens with two attached hydrogens (primary N) is 1. The van der Waals surface area contributed by atoms with Crippen molar-refractivity contribution in [3.63, 3.8) is 0 Å². The Morgan fingerprint density at radius 3 is 2.62 bits per heavy atom. The first-order valence-corrected chi connectivity index (χ1v) is 5.41. The van der Waals surface area contributed by atoms with Crippen molar-refractivity contribution in [3.8, 4) is 11.5 Å². The molecule has 0 amide bonds. The van der Waals surface area contributed by atoms with Crippen LogP contribution < -0.4 is 10.5 Å². The van der Waals surface area contributed by atoms with E-state index in [0.29, 0.717) is 22.4 Å². The maximum Gasteiger partial charge on any atom is 0.172 e. The monoisotopic (exact) mass is 311 g/mol. The minimum atomic E-state index is -0.471. The molecule has 0 unspecified atom stereocenters. The van der Waals surface area contributed by atoms with Gasteiger partial charge in [-0.15, -0.1) is 12.4 Å². The van der Waals surface area contributed by atoms with Gasteiger partial charge in [-0.2, -0.15) is 0 Å². The quantitative estimate of drug-likeness (QED) is 0.794. The lowest BCUT2D eigenvalue weighted by Crippen LogP contribution is -2.14. The van der Waals surface area contributed by atoms with Crippen molar-refractivity contribution in [1.29, 1.82) is 0 Å². The number of aliphatic hydroxyl groups is 1. The van der Waals surface area contributed by atoms with Crippen LogP contribution in [0.25, 0.3) is 0 Å². The summed E-state index contributed by atoms with van der Waals surface area (Å²) in [6.45, 7) is 2.13. The highest BCUT2D eigenvalue weighted by Gasteiger charge is 2.12. The largest absolute Gasteiger partial charge is 0.503 e. The van der Waals surface area contributed by atoms with Gasteiger partial charge in [-0.05, 0) is 40.5 Å². The van der Waals surface area contributed by atoms with Crippen LogP contribution in [0.3, 0.4) is 0 Å². The molecule has 1 aromatic carbocycles. The second-order valence-electron chi connectivity index (χ2n) is 3.07. The summed E-state index contributed by atoms with van der Waals surface area (Å²) in [5.41, 5.74) is 6.38. The lowest BCUT2D eigenvalue weighted by molar-refractivity contribution is 0.267. The summed E-state index contributed by atoms with van der Waals surface area (Å²) < 4.78 is 5.74. The maximum atomic E-state index is 9.63. The molecule has 4 N–H and O–H groups in total. The molecule has 1 atom stereocenters. The molecule has 0 heterocycles. The van der Waals surface area contributed by atoms with E-state index >= 15 is 0 Å². The van der Waals surface area contributed by atoms with Crippen LogP contribution in [0.4, 0.5) is 0 Å². The standard InChI is InChI=1S/C10H14BrNO3.ClH/c1-2-15-9-4-6(8(12)5-13)3-7(11)10(9)14;/h3-4,8,13-14H,2,5,12H2,1H3;1H/t8-;/m1./s1. The van der Waals surface area contributed by atoms with Gasteiger partial charge in [-0.3, -0.25) is 0 Å². The number of phenolic OH excluding ortho intramolecular Hbond substituents is 1. The fourth-order valence-electron chi connectivity index (χ4n) is 1.18. The fraction of sp³-hybridized carbons (Fsp3) is 0.400. The first-order chi connectivity index (χ1) is 7.10. The molecule has 0 aromatic heterocycles. The average Bonchev–Trinajstić information content (AvgIpc) is 2.23. The molecule has 0 fully saturated rings. The minimum absolute atomic E-state index is 0. The highest BCUT2D eigenvalue weighted by Crippen LogP contribution is 2.36. The highest BCUT2D eigenvalue weighted by molar-refractivity contribution is 9.10. The highest BCUT2D eigenvalue weighted by atomic mass is 79.9. The number of aliphatic hydroxyl groups excluding tert-OH is 1. The van der Waals surface area contributed by atoms with E-state index in [1.54, 1.807) is 12.1 Å². The SMILES string of the molecule is CCOc1cc([C@H](N)CO)cc(Br)c1O.Cl. The van der Waals surface area contributed by atoms with E-state index in [4.69, 9.17) is 15.6 Å². The van der Waals surface area contributed by atoms with E-state index in [1.165, 1.54) is 0 Å². The summed E-state index contributed by atoms with van der Waals surface area (Å²) in [5.74, 6) is 0.413. The van der Waals surface area contributed by atoms with Crippen LogP contribution in [0.15, 0.2) is 16.6 Å². The minimum Gasteiger partial charge on any atom is -0.503 e. The zero-order valence-electron chi connectivity index (χ0n) is 8.81. The molecule has 4 nitrogen and oxygen atoms in total. The zero-order chi connectivity index (χ0) is 11.4. The topological polar surface area (TPSA) is 75.7 Å². The van der Waals surface area contributed by atoms with Gasteiger partial charge in [0.15, 0.2) is 11.5 Å². The lowest BCUT2D eigenvalue weighted by Gasteiger charge is -2.13. The number of phenols is 1. The summed E-state index contributed by atoms with van der Waals surface area (Å²) in [6.07, 6.45) is 0. The van der Waals surface area contributed by atoms with Crippen LogP contribution in [0, 0.1) is 0 Å². The van der Waals surface area contributed by atoms with Crippen molar-refractivity contribution in [3.05, 3.63) is 22.2 Å². The molecular weight excluding hydrogens is 297 g/mol. The van der Waals surface area contributed by atoms with Gasteiger partial charge in [-0.1, -0.05) is 0 Å². The number of ether oxygens (including phenoxy) is 1. The average molecular weight is 313 g/mol. The van der Waals surface area contributed by atoms with Crippen molar-refractivity contribution in [2.24, 2.45) is 5.73 Å². The molecule has 1 aromatic rings. The molecule has 0 bridgehead atoms. The third-order valence-corrected chi connectivity index (χ3v) is 2.58. The number of benzene rings is 1. The molecule has 16 heavy (non-hydrogen) atoms. The van der Waals surface area contributed by atoms with Crippen molar-refractivity contribution >= 4 is 28.3 Å². The summed E-state index contributed by atoms with van der Waals surface area (Å²) in [7, 11) is 0. The molecule has 0 aliphatic carbocycles. The van der Waals surface area contributed by atoms with E-state index in [9.17, 15) is 5.11 Å². The van der Waals surface area contributed by atoms with Crippen LogP contribution in [0.1, 0.15) is 18.5 Å². The van der Waals surface area contributed by atoms with Gasteiger partial charge in [0.1, 0.15) is 0 Å². The summed E-state index contributed by atoms with van der Waals surface area (Å²) >= 11 is 3.20. The second-order valence-corrected chi connectivity index (χ2v) is 3.93. The predicted octanol–water partition coefficient (Wildman–Crippen LogP) is 1.97. The van der Waals surface area contributed by atoms with Crippen LogP contribution in [0.2, 0.25) is 0 Å². The van der Waals surface area contributed by atoms with Crippen LogP contribution >= 0.6 is 28.3 Å². The second kappa shape index (κ2) is 6.96. The smallest absolute Gasteiger partial charge is 0.172 e. The normalized spacial score (nSPS) is 11.8. The predicted molar refractivity (Wildman–Crippen MR) is 68.2 cm³/mol. The Hall–Kier alpha value is -0.490. The Morgan fingerprint density at radius 1 is 1.50 bits per heavy atom. The van der Waals surface area contributed by atoms with E-state index in [1.807, 2.05) is 6.92 Å². The van der Waals surface area contributed by atoms with Gasteiger partial charge < -0.3 is 20.7 Å². The Morgan fingerprint density at radius 2 is 2.12 bits per heavy atom. The van der Waals surface area contributed by atoms with Gasteiger partial charge in [0, 0.05) is 0 Å². The van der Waals surface area contributed by atoms with Crippen molar-refractivity contribution in [2.75, 3.05) is 13.2 Å². The number of halogens is 2. The van der Waals surface area contributed by atoms with E-state index < -0.39 is 6.04 Å². The van der Waals surface area contributed by atoms with Gasteiger partial charge in [-0.25, -0.2) is 0 Å². The molecule has 0 aliphatic rings. The van der Waals surface area contributed by atoms with E-state index in [0.717, 1.165) is 0 Å².